The van der Waals surface area contributed by atoms with Gasteiger partial charge in [0.25, 0.3) is 0 Å². The number of hydrogen-bond acceptors (Lipinski definition) is 10. The maximum Gasteiger partial charge on any atom is 0.343 e. The van der Waals surface area contributed by atoms with Gasteiger partial charge in [0.05, 0.1) is 37.6 Å². The Kier molecular flexibility index (Phi) is 12.3. The number of hydrogen-bond donors (Lipinski definition) is 0. The van der Waals surface area contributed by atoms with Crippen molar-refractivity contribution in [2.45, 2.75) is 33.6 Å². The minimum atomic E-state index is -0.559. The largest absolute Gasteiger partial charge is 0.493 e. The molecule has 43 heavy (non-hydrogen) atoms. The van der Waals surface area contributed by atoms with Crippen LogP contribution >= 0.6 is 0 Å². The fourth-order valence-electron chi connectivity index (χ4n) is 3.50. The van der Waals surface area contributed by atoms with E-state index in [4.69, 9.17) is 28.4 Å². The Morgan fingerprint density at radius 2 is 1.12 bits per heavy atom. The summed E-state index contributed by atoms with van der Waals surface area (Å²) in [5.74, 6) is -0.133. The van der Waals surface area contributed by atoms with Crippen molar-refractivity contribution in [3.8, 4) is 23.0 Å². The van der Waals surface area contributed by atoms with Gasteiger partial charge < -0.3 is 28.4 Å². The molecule has 0 aliphatic rings. The van der Waals surface area contributed by atoms with Gasteiger partial charge in [-0.15, -0.1) is 0 Å². The van der Waals surface area contributed by atoms with E-state index in [-0.39, 0.29) is 19.2 Å². The minimum absolute atomic E-state index is 0.220. The Balaban J connectivity index is 1.45. The average molecular weight is 591 g/mol. The van der Waals surface area contributed by atoms with Gasteiger partial charge in [-0.2, -0.15) is 0 Å². The fraction of sp³-hybridized carbons (Fsp3) is 0.273. The van der Waals surface area contributed by atoms with Crippen molar-refractivity contribution in [3.05, 3.63) is 95.6 Å². The van der Waals surface area contributed by atoms with Crippen LogP contribution in [0.25, 0.3) is 0 Å². The topological polar surface area (TPSA) is 124 Å². The number of aryl methyl sites for hydroxylation is 1. The maximum atomic E-state index is 12.6. The van der Waals surface area contributed by atoms with Crippen LogP contribution in [0.5, 0.6) is 23.0 Å². The average Bonchev–Trinajstić information content (AvgIpc) is 2.98. The lowest BCUT2D eigenvalue weighted by Crippen LogP contribution is -2.11. The molecule has 3 aromatic rings. The zero-order valence-corrected chi connectivity index (χ0v) is 24.4. The summed E-state index contributed by atoms with van der Waals surface area (Å²) < 4.78 is 32.0. The summed E-state index contributed by atoms with van der Waals surface area (Å²) in [5.41, 5.74) is 1.60. The van der Waals surface area contributed by atoms with Crippen molar-refractivity contribution in [2.75, 3.05) is 26.4 Å². The van der Waals surface area contributed by atoms with Gasteiger partial charge in [0.1, 0.15) is 23.0 Å². The first kappa shape index (κ1) is 32.4. The molecule has 0 saturated carbocycles. The predicted molar refractivity (Wildman–Crippen MR) is 157 cm³/mol. The quantitative estimate of drug-likeness (QED) is 0.0949. The van der Waals surface area contributed by atoms with E-state index in [1.807, 2.05) is 0 Å². The van der Waals surface area contributed by atoms with E-state index in [9.17, 15) is 19.2 Å². The smallest absolute Gasteiger partial charge is 0.343 e. The number of rotatable bonds is 15. The molecule has 10 heteroatoms. The molecule has 0 N–H and O–H groups in total. The third kappa shape index (κ3) is 11.0. The van der Waals surface area contributed by atoms with Crippen LogP contribution in [0.1, 0.15) is 53.0 Å². The Bertz CT molecular complexity index is 1430. The zero-order valence-electron chi connectivity index (χ0n) is 24.4. The van der Waals surface area contributed by atoms with Crippen molar-refractivity contribution in [1.82, 2.24) is 0 Å². The van der Waals surface area contributed by atoms with E-state index in [0.717, 1.165) is 0 Å². The summed E-state index contributed by atoms with van der Waals surface area (Å²) >= 11 is 0. The summed E-state index contributed by atoms with van der Waals surface area (Å²) in [6.07, 6.45) is 1.06. The summed E-state index contributed by atoms with van der Waals surface area (Å²) in [4.78, 5) is 47.4. The summed E-state index contributed by atoms with van der Waals surface area (Å²) in [6.45, 7) is 9.39. The van der Waals surface area contributed by atoms with Crippen LogP contribution in [0.3, 0.4) is 0 Å². The Morgan fingerprint density at radius 3 is 1.60 bits per heavy atom. The second-order valence-electron chi connectivity index (χ2n) is 9.42. The van der Waals surface area contributed by atoms with E-state index in [0.29, 0.717) is 71.3 Å². The predicted octanol–water partition coefficient (Wildman–Crippen LogP) is 5.65. The molecule has 0 saturated heterocycles. The van der Waals surface area contributed by atoms with Crippen LogP contribution in [0, 0.1) is 6.92 Å². The Morgan fingerprint density at radius 1 is 0.628 bits per heavy atom. The number of ether oxygens (including phenoxy) is 6. The molecule has 226 valence electrons. The van der Waals surface area contributed by atoms with Crippen molar-refractivity contribution in [1.29, 1.82) is 0 Å². The van der Waals surface area contributed by atoms with Gasteiger partial charge in [-0.3, -0.25) is 4.79 Å². The van der Waals surface area contributed by atoms with Crippen molar-refractivity contribution < 1.29 is 47.6 Å². The molecule has 0 spiro atoms. The first-order valence-electron chi connectivity index (χ1n) is 13.6. The molecule has 0 aromatic heterocycles. The van der Waals surface area contributed by atoms with Crippen molar-refractivity contribution in [3.63, 3.8) is 0 Å². The molecule has 10 nitrogen and oxygen atoms in total. The second-order valence-corrected chi connectivity index (χ2v) is 9.42. The normalized spacial score (nSPS) is 10.3. The van der Waals surface area contributed by atoms with E-state index in [1.54, 1.807) is 80.6 Å². The van der Waals surface area contributed by atoms with Crippen LogP contribution in [0.4, 0.5) is 0 Å². The highest BCUT2D eigenvalue weighted by molar-refractivity contribution is 5.92. The zero-order chi connectivity index (χ0) is 31.2. The summed E-state index contributed by atoms with van der Waals surface area (Å²) in [7, 11) is 0. The molecule has 0 fully saturated rings. The van der Waals surface area contributed by atoms with E-state index >= 15 is 0 Å². The molecular formula is C33H34O10. The van der Waals surface area contributed by atoms with Gasteiger partial charge in [-0.1, -0.05) is 6.58 Å². The van der Waals surface area contributed by atoms with Crippen LogP contribution in [0.2, 0.25) is 0 Å². The molecule has 0 heterocycles. The van der Waals surface area contributed by atoms with Gasteiger partial charge >= 0.3 is 23.9 Å². The Hall–Kier alpha value is -5.12. The van der Waals surface area contributed by atoms with Gasteiger partial charge in [0, 0.05) is 25.3 Å². The Labute approximate surface area is 250 Å². The second kappa shape index (κ2) is 16.4. The minimum Gasteiger partial charge on any atom is -0.493 e. The number of carbonyl (C=O) groups is 4. The van der Waals surface area contributed by atoms with Gasteiger partial charge in [0.15, 0.2) is 0 Å². The van der Waals surface area contributed by atoms with E-state index in [1.165, 1.54) is 6.92 Å². The van der Waals surface area contributed by atoms with E-state index in [2.05, 4.69) is 6.58 Å². The lowest BCUT2D eigenvalue weighted by atomic mass is 10.2. The molecule has 0 unspecified atom stereocenters. The number of benzene rings is 3. The molecule has 0 radical (unpaired) electrons. The molecule has 3 rings (SSSR count). The standard InChI is InChI=1S/C33H34O10/c1-22(2)31(35)41-20-6-19-40-27-11-7-25(8-12-27)32(36)42-29-15-16-30(23(3)21-29)43-33(37)26-9-13-28(14-10-26)39-18-5-17-38-24(4)34/h7-16,21H,1,5-6,17-20H2,2-4H3. The highest BCUT2D eigenvalue weighted by Gasteiger charge is 2.14. The van der Waals surface area contributed by atoms with Crippen LogP contribution in [0.15, 0.2) is 78.9 Å². The molecule has 0 aliphatic carbocycles. The molecule has 0 aliphatic heterocycles. The van der Waals surface area contributed by atoms with Crippen LogP contribution < -0.4 is 18.9 Å². The van der Waals surface area contributed by atoms with Crippen LogP contribution in [-0.2, 0) is 19.1 Å². The van der Waals surface area contributed by atoms with Gasteiger partial charge in [-0.05, 0) is 86.1 Å². The first-order chi connectivity index (χ1) is 20.6. The highest BCUT2D eigenvalue weighted by atomic mass is 16.5. The van der Waals surface area contributed by atoms with Crippen molar-refractivity contribution >= 4 is 23.9 Å². The molecule has 0 amide bonds. The first-order valence-corrected chi connectivity index (χ1v) is 13.6. The molecule has 0 bridgehead atoms. The lowest BCUT2D eigenvalue weighted by molar-refractivity contribution is -0.141. The maximum absolute atomic E-state index is 12.6. The molecule has 0 atom stereocenters. The monoisotopic (exact) mass is 590 g/mol. The van der Waals surface area contributed by atoms with Crippen LogP contribution in [-0.4, -0.2) is 50.3 Å². The highest BCUT2D eigenvalue weighted by Crippen LogP contribution is 2.26. The van der Waals surface area contributed by atoms with E-state index < -0.39 is 17.9 Å². The SMILES string of the molecule is C=C(C)C(=O)OCCCOc1ccc(C(=O)Oc2ccc(OC(=O)c3ccc(OCCCOC(C)=O)cc3)c(C)c2)cc1. The molecular weight excluding hydrogens is 556 g/mol. The number of carbonyl (C=O) groups excluding carboxylic acids is 4. The van der Waals surface area contributed by atoms with Gasteiger partial charge in [0.2, 0.25) is 0 Å². The lowest BCUT2D eigenvalue weighted by Gasteiger charge is -2.11. The third-order valence-electron chi connectivity index (χ3n) is 5.74. The third-order valence-corrected chi connectivity index (χ3v) is 5.74. The summed E-state index contributed by atoms with van der Waals surface area (Å²) in [6, 6.07) is 17.7. The van der Waals surface area contributed by atoms with Gasteiger partial charge in [-0.25, -0.2) is 14.4 Å². The number of esters is 4. The molecule has 3 aromatic carbocycles. The van der Waals surface area contributed by atoms with Crippen molar-refractivity contribution in [2.24, 2.45) is 0 Å². The fourth-order valence-corrected chi connectivity index (χ4v) is 3.50. The summed E-state index contributed by atoms with van der Waals surface area (Å²) in [5, 5.41) is 0.